The van der Waals surface area contributed by atoms with Crippen LogP contribution in [0.15, 0.2) is 30.5 Å². The van der Waals surface area contributed by atoms with E-state index in [1.54, 1.807) is 12.1 Å². The van der Waals surface area contributed by atoms with Crippen LogP contribution in [0.3, 0.4) is 0 Å². The Kier molecular flexibility index (Phi) is 4.48. The van der Waals surface area contributed by atoms with Crippen molar-refractivity contribution in [1.82, 2.24) is 4.98 Å². The molecule has 3 N–H and O–H groups in total. The number of nitrogens with two attached hydrogens (primary N) is 1. The molecule has 5 heteroatoms. The van der Waals surface area contributed by atoms with Gasteiger partial charge in [-0.1, -0.05) is 25.4 Å². The predicted molar refractivity (Wildman–Crippen MR) is 85.6 cm³/mol. The SMILES string of the molecule is Cc1cc(Cl)c(C(C)C)cc1Oc1ccc(C(=N)N)cn1. The maximum Gasteiger partial charge on any atom is 0.219 e. The fraction of sp³-hybridized carbons (Fsp3) is 0.250. The number of aryl methyl sites for hydroxylation is 1. The highest BCUT2D eigenvalue weighted by atomic mass is 35.5. The van der Waals surface area contributed by atoms with Gasteiger partial charge < -0.3 is 10.5 Å². The van der Waals surface area contributed by atoms with Crippen molar-refractivity contribution in [2.45, 2.75) is 26.7 Å². The zero-order valence-corrected chi connectivity index (χ0v) is 13.0. The van der Waals surface area contributed by atoms with E-state index in [4.69, 9.17) is 27.5 Å². The average molecular weight is 304 g/mol. The fourth-order valence-corrected chi connectivity index (χ4v) is 2.37. The van der Waals surface area contributed by atoms with Crippen molar-refractivity contribution in [1.29, 1.82) is 5.41 Å². The number of nitrogen functional groups attached to an aromatic ring is 1. The van der Waals surface area contributed by atoms with Gasteiger partial charge in [0.25, 0.3) is 0 Å². The molecule has 110 valence electrons. The Morgan fingerprint density at radius 3 is 2.57 bits per heavy atom. The lowest BCUT2D eigenvalue weighted by molar-refractivity contribution is 0.458. The molecule has 0 aliphatic heterocycles. The van der Waals surface area contributed by atoms with Crippen LogP contribution in [0.2, 0.25) is 5.02 Å². The number of hydrogen-bond acceptors (Lipinski definition) is 3. The van der Waals surface area contributed by atoms with Crippen LogP contribution in [-0.2, 0) is 0 Å². The number of nitrogens with zero attached hydrogens (tertiary/aromatic N) is 1. The first-order chi connectivity index (χ1) is 9.88. The van der Waals surface area contributed by atoms with Crippen LogP contribution in [0.1, 0.15) is 36.5 Å². The number of halogens is 1. The highest BCUT2D eigenvalue weighted by molar-refractivity contribution is 6.31. The third-order valence-electron chi connectivity index (χ3n) is 3.18. The highest BCUT2D eigenvalue weighted by Crippen LogP contribution is 2.33. The van der Waals surface area contributed by atoms with Crippen molar-refractivity contribution in [3.8, 4) is 11.6 Å². The minimum Gasteiger partial charge on any atom is -0.439 e. The highest BCUT2D eigenvalue weighted by Gasteiger charge is 2.11. The standard InChI is InChI=1S/C16H18ClN3O/c1-9(2)12-7-14(10(3)6-13(12)17)21-15-5-4-11(8-20-15)16(18)19/h4-9H,1-3H3,(H3,18,19). The first kappa shape index (κ1) is 15.3. The predicted octanol–water partition coefficient (Wildman–Crippen LogP) is 4.24. The lowest BCUT2D eigenvalue weighted by atomic mass is 10.0. The number of nitrogens with one attached hydrogen (secondary N) is 1. The molecule has 0 radical (unpaired) electrons. The van der Waals surface area contributed by atoms with Gasteiger partial charge in [-0.3, -0.25) is 5.41 Å². The van der Waals surface area contributed by atoms with Crippen molar-refractivity contribution in [3.05, 3.63) is 52.2 Å². The summed E-state index contributed by atoms with van der Waals surface area (Å²) < 4.78 is 5.81. The van der Waals surface area contributed by atoms with Gasteiger partial charge >= 0.3 is 0 Å². The van der Waals surface area contributed by atoms with Gasteiger partial charge in [0.05, 0.1) is 0 Å². The summed E-state index contributed by atoms with van der Waals surface area (Å²) in [5, 5.41) is 8.09. The maximum atomic E-state index is 7.34. The lowest BCUT2D eigenvalue weighted by Crippen LogP contribution is -2.11. The van der Waals surface area contributed by atoms with Crippen molar-refractivity contribution in [3.63, 3.8) is 0 Å². The van der Waals surface area contributed by atoms with Gasteiger partial charge in [-0.15, -0.1) is 0 Å². The number of benzene rings is 1. The second kappa shape index (κ2) is 6.14. The molecule has 0 fully saturated rings. The maximum absolute atomic E-state index is 7.34. The fourth-order valence-electron chi connectivity index (χ4n) is 1.93. The van der Waals surface area contributed by atoms with Gasteiger partial charge in [0, 0.05) is 22.8 Å². The zero-order chi connectivity index (χ0) is 15.6. The van der Waals surface area contributed by atoms with Crippen LogP contribution >= 0.6 is 11.6 Å². The molecule has 21 heavy (non-hydrogen) atoms. The molecule has 1 aromatic carbocycles. The summed E-state index contributed by atoms with van der Waals surface area (Å²) in [6.45, 7) is 6.11. The van der Waals surface area contributed by atoms with E-state index in [1.807, 2.05) is 19.1 Å². The van der Waals surface area contributed by atoms with E-state index in [0.29, 0.717) is 17.4 Å². The Labute approximate surface area is 129 Å². The molecule has 0 unspecified atom stereocenters. The van der Waals surface area contributed by atoms with Crippen LogP contribution in [-0.4, -0.2) is 10.8 Å². The van der Waals surface area contributed by atoms with E-state index in [1.165, 1.54) is 6.20 Å². The minimum absolute atomic E-state index is 0.0150. The second-order valence-corrected chi connectivity index (χ2v) is 5.60. The van der Waals surface area contributed by atoms with E-state index >= 15 is 0 Å². The van der Waals surface area contributed by atoms with Crippen LogP contribution in [0, 0.1) is 12.3 Å². The number of rotatable bonds is 4. The molecule has 4 nitrogen and oxygen atoms in total. The number of amidine groups is 1. The van der Waals surface area contributed by atoms with Crippen molar-refractivity contribution < 1.29 is 4.74 Å². The third-order valence-corrected chi connectivity index (χ3v) is 3.51. The van der Waals surface area contributed by atoms with Gasteiger partial charge in [-0.2, -0.15) is 0 Å². The number of pyridine rings is 1. The van der Waals surface area contributed by atoms with Gasteiger partial charge in [0.2, 0.25) is 5.88 Å². The van der Waals surface area contributed by atoms with E-state index in [-0.39, 0.29) is 5.84 Å². The van der Waals surface area contributed by atoms with Gasteiger partial charge in [0.15, 0.2) is 0 Å². The first-order valence-electron chi connectivity index (χ1n) is 6.67. The molecule has 2 rings (SSSR count). The molecule has 1 heterocycles. The van der Waals surface area contributed by atoms with Crippen molar-refractivity contribution in [2.75, 3.05) is 0 Å². The summed E-state index contributed by atoms with van der Waals surface area (Å²) in [7, 11) is 0. The Bertz CT molecular complexity index is 666. The lowest BCUT2D eigenvalue weighted by Gasteiger charge is -2.14. The van der Waals surface area contributed by atoms with Gasteiger partial charge in [0.1, 0.15) is 11.6 Å². The third kappa shape index (κ3) is 3.52. The molecule has 0 saturated heterocycles. The second-order valence-electron chi connectivity index (χ2n) is 5.19. The van der Waals surface area contributed by atoms with E-state index < -0.39 is 0 Å². The molecule has 2 aromatic rings. The van der Waals surface area contributed by atoms with Gasteiger partial charge in [-0.25, -0.2) is 4.98 Å². The van der Waals surface area contributed by atoms with Crippen LogP contribution < -0.4 is 10.5 Å². The molecule has 1 aromatic heterocycles. The minimum atomic E-state index is -0.0150. The Morgan fingerprint density at radius 2 is 2.05 bits per heavy atom. The summed E-state index contributed by atoms with van der Waals surface area (Å²) in [5.41, 5.74) is 7.95. The molecule has 0 spiro atoms. The summed E-state index contributed by atoms with van der Waals surface area (Å²) >= 11 is 6.25. The molecular formula is C16H18ClN3O. The molecule has 0 bridgehead atoms. The quantitative estimate of drug-likeness (QED) is 0.655. The topological polar surface area (TPSA) is 72.0 Å². The molecular weight excluding hydrogens is 286 g/mol. The first-order valence-corrected chi connectivity index (χ1v) is 7.04. The normalized spacial score (nSPS) is 10.7. The molecule has 0 aliphatic carbocycles. The summed E-state index contributed by atoms with van der Waals surface area (Å²) in [6, 6.07) is 7.25. The number of aromatic nitrogens is 1. The van der Waals surface area contributed by atoms with Gasteiger partial charge in [-0.05, 0) is 42.2 Å². The number of hydrogen-bond donors (Lipinski definition) is 2. The van der Waals surface area contributed by atoms with E-state index in [0.717, 1.165) is 21.9 Å². The van der Waals surface area contributed by atoms with E-state index in [2.05, 4.69) is 18.8 Å². The Morgan fingerprint density at radius 1 is 1.33 bits per heavy atom. The molecule has 0 saturated carbocycles. The monoisotopic (exact) mass is 303 g/mol. The number of ether oxygens (including phenoxy) is 1. The van der Waals surface area contributed by atoms with Crippen LogP contribution in [0.25, 0.3) is 0 Å². The molecule has 0 amide bonds. The summed E-state index contributed by atoms with van der Waals surface area (Å²) in [6.07, 6.45) is 1.52. The summed E-state index contributed by atoms with van der Waals surface area (Å²) in [5.74, 6) is 1.48. The van der Waals surface area contributed by atoms with Crippen molar-refractivity contribution >= 4 is 17.4 Å². The smallest absolute Gasteiger partial charge is 0.219 e. The molecule has 0 atom stereocenters. The van der Waals surface area contributed by atoms with Crippen molar-refractivity contribution in [2.24, 2.45) is 5.73 Å². The zero-order valence-electron chi connectivity index (χ0n) is 12.3. The van der Waals surface area contributed by atoms with Crippen LogP contribution in [0.5, 0.6) is 11.6 Å². The Balaban J connectivity index is 2.30. The van der Waals surface area contributed by atoms with Crippen LogP contribution in [0.4, 0.5) is 0 Å². The largest absolute Gasteiger partial charge is 0.439 e. The Hall–Kier alpha value is -2.07. The van der Waals surface area contributed by atoms with E-state index in [9.17, 15) is 0 Å². The summed E-state index contributed by atoms with van der Waals surface area (Å²) in [4.78, 5) is 4.16. The average Bonchev–Trinajstić information content (AvgIpc) is 2.42. The molecule has 0 aliphatic rings.